The third-order valence-corrected chi connectivity index (χ3v) is 3.07. The molecule has 0 aliphatic heterocycles. The predicted molar refractivity (Wildman–Crippen MR) is 79.1 cm³/mol. The normalized spacial score (nSPS) is 10.1. The van der Waals surface area contributed by atoms with E-state index in [1.165, 1.54) is 0 Å². The number of Topliss-reactive ketones (excluding diaryl/α,β-unsaturated/α-hetero) is 1. The van der Waals surface area contributed by atoms with Crippen LogP contribution in [-0.2, 0) is 4.79 Å². The van der Waals surface area contributed by atoms with Crippen molar-refractivity contribution in [3.8, 4) is 5.75 Å². The van der Waals surface area contributed by atoms with E-state index < -0.39 is 0 Å². The molecule has 0 aliphatic carbocycles. The van der Waals surface area contributed by atoms with Gasteiger partial charge in [0.15, 0.2) is 5.78 Å². The van der Waals surface area contributed by atoms with Crippen LogP contribution < -0.4 is 10.1 Å². The lowest BCUT2D eigenvalue weighted by Crippen LogP contribution is -2.24. The molecule has 20 heavy (non-hydrogen) atoms. The highest BCUT2D eigenvalue weighted by Gasteiger charge is 2.07. The minimum atomic E-state index is 0.0287. The number of nitrogens with one attached hydrogen (secondary N) is 1. The number of carbonyl (C=O) groups is 2. The van der Waals surface area contributed by atoms with E-state index in [1.54, 1.807) is 31.4 Å². The zero-order chi connectivity index (χ0) is 14.8. The van der Waals surface area contributed by atoms with E-state index in [4.69, 9.17) is 4.74 Å². The van der Waals surface area contributed by atoms with Crippen molar-refractivity contribution in [2.75, 3.05) is 13.7 Å². The molecule has 0 bridgehead atoms. The van der Waals surface area contributed by atoms with Crippen LogP contribution in [0.2, 0.25) is 0 Å². The van der Waals surface area contributed by atoms with E-state index in [0.29, 0.717) is 24.8 Å². The van der Waals surface area contributed by atoms with E-state index in [-0.39, 0.29) is 11.7 Å². The van der Waals surface area contributed by atoms with E-state index in [2.05, 4.69) is 12.2 Å². The van der Waals surface area contributed by atoms with Gasteiger partial charge in [-0.1, -0.05) is 13.3 Å². The Labute approximate surface area is 120 Å². The van der Waals surface area contributed by atoms with Crippen LogP contribution in [0.1, 0.15) is 49.4 Å². The molecule has 0 fully saturated rings. The fourth-order valence-electron chi connectivity index (χ4n) is 1.82. The van der Waals surface area contributed by atoms with Gasteiger partial charge in [-0.15, -0.1) is 0 Å². The number of hydrogen-bond acceptors (Lipinski definition) is 3. The van der Waals surface area contributed by atoms with Crippen molar-refractivity contribution in [3.05, 3.63) is 29.8 Å². The second-order valence-corrected chi connectivity index (χ2v) is 4.71. The van der Waals surface area contributed by atoms with E-state index in [0.717, 1.165) is 25.1 Å². The maximum Gasteiger partial charge on any atom is 0.220 e. The molecular formula is C16H23NO3. The molecule has 0 unspecified atom stereocenters. The molecule has 110 valence electrons. The maximum atomic E-state index is 11.9. The molecule has 0 heterocycles. The summed E-state index contributed by atoms with van der Waals surface area (Å²) in [6.07, 6.45) is 3.45. The molecule has 1 rings (SSSR count). The van der Waals surface area contributed by atoms with Crippen LogP contribution in [0.4, 0.5) is 0 Å². The first-order chi connectivity index (χ1) is 9.67. The van der Waals surface area contributed by atoms with Crippen LogP contribution in [0.15, 0.2) is 24.3 Å². The van der Waals surface area contributed by atoms with Crippen molar-refractivity contribution < 1.29 is 14.3 Å². The molecule has 0 aromatic heterocycles. The summed E-state index contributed by atoms with van der Waals surface area (Å²) in [7, 11) is 1.59. The van der Waals surface area contributed by atoms with Crippen LogP contribution in [0.5, 0.6) is 5.75 Å². The van der Waals surface area contributed by atoms with Gasteiger partial charge in [0.2, 0.25) is 5.91 Å². The Kier molecular flexibility index (Phi) is 7.40. The first-order valence-electron chi connectivity index (χ1n) is 7.11. The van der Waals surface area contributed by atoms with Gasteiger partial charge in [0.25, 0.3) is 0 Å². The Hall–Kier alpha value is -1.84. The second-order valence-electron chi connectivity index (χ2n) is 4.71. The zero-order valence-corrected chi connectivity index (χ0v) is 12.3. The second kappa shape index (κ2) is 9.13. The lowest BCUT2D eigenvalue weighted by Gasteiger charge is -2.05. The largest absolute Gasteiger partial charge is 0.497 e. The summed E-state index contributed by atoms with van der Waals surface area (Å²) < 4.78 is 5.04. The van der Waals surface area contributed by atoms with Crippen molar-refractivity contribution in [1.82, 2.24) is 5.32 Å². The number of ether oxygens (including phenoxy) is 1. The highest BCUT2D eigenvalue weighted by atomic mass is 16.5. The first-order valence-corrected chi connectivity index (χ1v) is 7.11. The molecule has 1 aromatic rings. The Bertz CT molecular complexity index is 426. The van der Waals surface area contributed by atoms with Gasteiger partial charge in [0.05, 0.1) is 7.11 Å². The van der Waals surface area contributed by atoms with Gasteiger partial charge < -0.3 is 10.1 Å². The molecule has 0 radical (unpaired) electrons. The van der Waals surface area contributed by atoms with Gasteiger partial charge in [-0.05, 0) is 37.1 Å². The van der Waals surface area contributed by atoms with Crippen molar-refractivity contribution in [1.29, 1.82) is 0 Å². The summed E-state index contributed by atoms with van der Waals surface area (Å²) >= 11 is 0. The topological polar surface area (TPSA) is 55.4 Å². The highest BCUT2D eigenvalue weighted by Crippen LogP contribution is 2.13. The van der Waals surface area contributed by atoms with Crippen LogP contribution in [-0.4, -0.2) is 25.3 Å². The molecule has 4 heteroatoms. The number of amides is 1. The molecule has 0 aliphatic rings. The molecular weight excluding hydrogens is 254 g/mol. The summed E-state index contributed by atoms with van der Waals surface area (Å²) in [6.45, 7) is 2.81. The standard InChI is InChI=1S/C16H23NO3/c1-3-4-12-17-16(19)7-5-6-15(18)13-8-10-14(20-2)11-9-13/h8-11H,3-7,12H2,1-2H3,(H,17,19). The quantitative estimate of drug-likeness (QED) is 0.557. The van der Waals surface area contributed by atoms with Gasteiger partial charge in [-0.3, -0.25) is 9.59 Å². The minimum absolute atomic E-state index is 0.0287. The molecule has 0 atom stereocenters. The monoisotopic (exact) mass is 277 g/mol. The highest BCUT2D eigenvalue weighted by molar-refractivity contribution is 5.96. The number of methoxy groups -OCH3 is 1. The summed E-state index contributed by atoms with van der Waals surface area (Å²) in [5.74, 6) is 0.826. The lowest BCUT2D eigenvalue weighted by atomic mass is 10.1. The molecule has 0 spiro atoms. The SMILES string of the molecule is CCCCNC(=O)CCCC(=O)c1ccc(OC)cc1. The maximum absolute atomic E-state index is 11.9. The van der Waals surface area contributed by atoms with Crippen LogP contribution >= 0.6 is 0 Å². The third-order valence-electron chi connectivity index (χ3n) is 3.07. The molecule has 4 nitrogen and oxygen atoms in total. The Balaban J connectivity index is 2.27. The fourth-order valence-corrected chi connectivity index (χ4v) is 1.82. The van der Waals surface area contributed by atoms with Crippen molar-refractivity contribution in [2.45, 2.75) is 39.0 Å². The molecule has 0 saturated carbocycles. The van der Waals surface area contributed by atoms with Gasteiger partial charge in [-0.2, -0.15) is 0 Å². The summed E-state index contributed by atoms with van der Waals surface area (Å²) in [5, 5.41) is 2.85. The van der Waals surface area contributed by atoms with E-state index >= 15 is 0 Å². The van der Waals surface area contributed by atoms with Gasteiger partial charge >= 0.3 is 0 Å². The van der Waals surface area contributed by atoms with Gasteiger partial charge in [0, 0.05) is 24.9 Å². The number of rotatable bonds is 9. The van der Waals surface area contributed by atoms with Crippen molar-refractivity contribution in [3.63, 3.8) is 0 Å². The smallest absolute Gasteiger partial charge is 0.220 e. The minimum Gasteiger partial charge on any atom is -0.497 e. The number of carbonyl (C=O) groups excluding carboxylic acids is 2. The van der Waals surface area contributed by atoms with Crippen LogP contribution in [0, 0.1) is 0 Å². The molecule has 1 N–H and O–H groups in total. The first kappa shape index (κ1) is 16.2. The summed E-state index contributed by atoms with van der Waals surface area (Å²) in [5.41, 5.74) is 0.664. The average Bonchev–Trinajstić information content (AvgIpc) is 2.47. The third kappa shape index (κ3) is 5.87. The van der Waals surface area contributed by atoms with Crippen molar-refractivity contribution in [2.24, 2.45) is 0 Å². The summed E-state index contributed by atoms with van der Waals surface area (Å²) in [6, 6.07) is 7.04. The van der Waals surface area contributed by atoms with Gasteiger partial charge in [0.1, 0.15) is 5.75 Å². The average molecular weight is 277 g/mol. The molecule has 1 aromatic carbocycles. The molecule has 1 amide bonds. The predicted octanol–water partition coefficient (Wildman–Crippen LogP) is 2.96. The summed E-state index contributed by atoms with van der Waals surface area (Å²) in [4.78, 5) is 23.4. The fraction of sp³-hybridized carbons (Fsp3) is 0.500. The van der Waals surface area contributed by atoms with Crippen LogP contribution in [0.3, 0.4) is 0 Å². The van der Waals surface area contributed by atoms with E-state index in [9.17, 15) is 9.59 Å². The van der Waals surface area contributed by atoms with Gasteiger partial charge in [-0.25, -0.2) is 0 Å². The van der Waals surface area contributed by atoms with Crippen LogP contribution in [0.25, 0.3) is 0 Å². The Morgan fingerprint density at radius 2 is 1.80 bits per heavy atom. The number of benzene rings is 1. The van der Waals surface area contributed by atoms with E-state index in [1.807, 2.05) is 0 Å². The zero-order valence-electron chi connectivity index (χ0n) is 12.3. The number of hydrogen-bond donors (Lipinski definition) is 1. The van der Waals surface area contributed by atoms with Crippen molar-refractivity contribution >= 4 is 11.7 Å². The Morgan fingerprint density at radius 3 is 2.40 bits per heavy atom. The lowest BCUT2D eigenvalue weighted by molar-refractivity contribution is -0.121. The molecule has 0 saturated heterocycles. The Morgan fingerprint density at radius 1 is 1.10 bits per heavy atom. The number of unbranched alkanes of at least 4 members (excludes halogenated alkanes) is 1. The number of ketones is 1.